The highest BCUT2D eigenvalue weighted by atomic mass is 32.1. The van der Waals surface area contributed by atoms with E-state index in [2.05, 4.69) is 16.0 Å². The fourth-order valence-corrected chi connectivity index (χ4v) is 2.98. The Morgan fingerprint density at radius 1 is 1.03 bits per heavy atom. The van der Waals surface area contributed by atoms with Crippen LogP contribution in [0.3, 0.4) is 0 Å². The van der Waals surface area contributed by atoms with Gasteiger partial charge in [-0.15, -0.1) is 0 Å². The van der Waals surface area contributed by atoms with Crippen LogP contribution in [0.2, 0.25) is 0 Å². The highest BCUT2D eigenvalue weighted by Gasteiger charge is 2.29. The first-order chi connectivity index (χ1) is 13.8. The first-order valence-electron chi connectivity index (χ1n) is 9.63. The zero-order valence-corrected chi connectivity index (χ0v) is 17.6. The van der Waals surface area contributed by atoms with Crippen molar-refractivity contribution < 1.29 is 14.3 Å². The van der Waals surface area contributed by atoms with Gasteiger partial charge in [-0.25, -0.2) is 0 Å². The van der Waals surface area contributed by atoms with Gasteiger partial charge in [0.25, 0.3) is 5.91 Å². The number of thiocarbonyl (C=S) groups is 1. The standard InChI is InChI=1S/C22H25N3O3S/c1-13(2)28-17-11-9-16(10-12-17)21(27)25-22(29)24-19-6-4-5-18(14(19)3)23-20(26)15-7-8-15/h4-6,9-13,15H,7-8H2,1-3H3,(H,23,26)(H2,24,25,27,29). The molecule has 1 fully saturated rings. The zero-order valence-electron chi connectivity index (χ0n) is 16.7. The minimum atomic E-state index is -0.311. The van der Waals surface area contributed by atoms with Gasteiger partial charge in [0.1, 0.15) is 5.75 Å². The van der Waals surface area contributed by atoms with Crippen molar-refractivity contribution in [2.24, 2.45) is 5.92 Å². The average molecular weight is 412 g/mol. The van der Waals surface area contributed by atoms with Gasteiger partial charge >= 0.3 is 0 Å². The lowest BCUT2D eigenvalue weighted by atomic mass is 10.1. The summed E-state index contributed by atoms with van der Waals surface area (Å²) in [5.41, 5.74) is 2.80. The maximum Gasteiger partial charge on any atom is 0.257 e. The first kappa shape index (κ1) is 20.8. The van der Waals surface area contributed by atoms with Crippen LogP contribution < -0.4 is 20.7 Å². The Bertz CT molecular complexity index is 921. The van der Waals surface area contributed by atoms with Gasteiger partial charge < -0.3 is 15.4 Å². The van der Waals surface area contributed by atoms with Gasteiger partial charge in [-0.1, -0.05) is 6.07 Å². The smallest absolute Gasteiger partial charge is 0.257 e. The van der Waals surface area contributed by atoms with Crippen molar-refractivity contribution in [2.45, 2.75) is 39.7 Å². The van der Waals surface area contributed by atoms with E-state index >= 15 is 0 Å². The lowest BCUT2D eigenvalue weighted by Gasteiger charge is -2.15. The van der Waals surface area contributed by atoms with E-state index in [1.807, 2.05) is 39.0 Å². The van der Waals surface area contributed by atoms with E-state index in [-0.39, 0.29) is 28.9 Å². The maximum absolute atomic E-state index is 12.4. The SMILES string of the molecule is Cc1c(NC(=O)C2CC2)cccc1NC(=S)NC(=O)c1ccc(OC(C)C)cc1. The van der Waals surface area contributed by atoms with Gasteiger partial charge in [0, 0.05) is 22.9 Å². The van der Waals surface area contributed by atoms with Crippen LogP contribution in [-0.4, -0.2) is 23.0 Å². The van der Waals surface area contributed by atoms with Crippen LogP contribution in [0.25, 0.3) is 0 Å². The molecule has 0 heterocycles. The maximum atomic E-state index is 12.4. The molecule has 152 valence electrons. The number of nitrogens with one attached hydrogen (secondary N) is 3. The number of hydrogen-bond donors (Lipinski definition) is 3. The molecule has 29 heavy (non-hydrogen) atoms. The second-order valence-electron chi connectivity index (χ2n) is 7.34. The van der Waals surface area contributed by atoms with Gasteiger partial charge in [-0.3, -0.25) is 14.9 Å². The third-order valence-electron chi connectivity index (χ3n) is 4.50. The van der Waals surface area contributed by atoms with Crippen LogP contribution in [0, 0.1) is 12.8 Å². The topological polar surface area (TPSA) is 79.5 Å². The number of benzene rings is 2. The van der Waals surface area contributed by atoms with Crippen LogP contribution >= 0.6 is 12.2 Å². The number of ether oxygens (including phenoxy) is 1. The van der Waals surface area contributed by atoms with Crippen molar-refractivity contribution in [3.63, 3.8) is 0 Å². The van der Waals surface area contributed by atoms with Crippen LogP contribution in [0.4, 0.5) is 11.4 Å². The van der Waals surface area contributed by atoms with E-state index in [1.54, 1.807) is 24.3 Å². The second-order valence-corrected chi connectivity index (χ2v) is 7.75. The molecule has 2 aromatic rings. The molecule has 6 nitrogen and oxygen atoms in total. The third kappa shape index (κ3) is 5.77. The fourth-order valence-electron chi connectivity index (χ4n) is 2.77. The van der Waals surface area contributed by atoms with E-state index in [4.69, 9.17) is 17.0 Å². The lowest BCUT2D eigenvalue weighted by Crippen LogP contribution is -2.34. The highest BCUT2D eigenvalue weighted by molar-refractivity contribution is 7.80. The van der Waals surface area contributed by atoms with Gasteiger partial charge in [-0.05, 0) is 87.8 Å². The summed E-state index contributed by atoms with van der Waals surface area (Å²) in [6.07, 6.45) is 1.96. The Kier molecular flexibility index (Phi) is 6.49. The molecule has 1 aliphatic carbocycles. The monoisotopic (exact) mass is 411 g/mol. The van der Waals surface area contributed by atoms with Crippen molar-refractivity contribution in [1.29, 1.82) is 0 Å². The van der Waals surface area contributed by atoms with E-state index in [0.717, 1.165) is 29.8 Å². The molecular formula is C22H25N3O3S. The van der Waals surface area contributed by atoms with Crippen molar-refractivity contribution in [3.8, 4) is 5.75 Å². The van der Waals surface area contributed by atoms with E-state index in [9.17, 15) is 9.59 Å². The highest BCUT2D eigenvalue weighted by Crippen LogP contribution is 2.31. The molecule has 0 aliphatic heterocycles. The summed E-state index contributed by atoms with van der Waals surface area (Å²) in [6, 6.07) is 12.4. The molecular weight excluding hydrogens is 386 g/mol. The molecule has 2 aromatic carbocycles. The summed E-state index contributed by atoms with van der Waals surface area (Å²) in [4.78, 5) is 24.4. The van der Waals surface area contributed by atoms with Gasteiger partial charge in [0.05, 0.1) is 6.10 Å². The van der Waals surface area contributed by atoms with Crippen LogP contribution in [0.5, 0.6) is 5.75 Å². The largest absolute Gasteiger partial charge is 0.491 e. The molecule has 1 saturated carbocycles. The minimum Gasteiger partial charge on any atom is -0.491 e. The Balaban J connectivity index is 1.60. The summed E-state index contributed by atoms with van der Waals surface area (Å²) in [5.74, 6) is 0.571. The average Bonchev–Trinajstić information content (AvgIpc) is 3.50. The second kappa shape index (κ2) is 9.05. The molecule has 2 amide bonds. The van der Waals surface area contributed by atoms with Crippen LogP contribution in [0.15, 0.2) is 42.5 Å². The van der Waals surface area contributed by atoms with Gasteiger partial charge in [0.15, 0.2) is 5.11 Å². The first-order valence-corrected chi connectivity index (χ1v) is 10.0. The van der Waals surface area contributed by atoms with E-state index < -0.39 is 0 Å². The molecule has 0 unspecified atom stereocenters. The van der Waals surface area contributed by atoms with E-state index in [1.165, 1.54) is 0 Å². The summed E-state index contributed by atoms with van der Waals surface area (Å²) in [5, 5.41) is 8.84. The predicted molar refractivity (Wildman–Crippen MR) is 118 cm³/mol. The molecule has 0 saturated heterocycles. The third-order valence-corrected chi connectivity index (χ3v) is 4.71. The van der Waals surface area contributed by atoms with Gasteiger partial charge in [0.2, 0.25) is 5.91 Å². The number of amides is 2. The Hall–Kier alpha value is -2.93. The van der Waals surface area contributed by atoms with Crippen molar-refractivity contribution >= 4 is 40.5 Å². The van der Waals surface area contributed by atoms with Crippen molar-refractivity contribution in [2.75, 3.05) is 10.6 Å². The summed E-state index contributed by atoms with van der Waals surface area (Å²) in [6.45, 7) is 5.78. The number of carbonyl (C=O) groups is 2. The number of carbonyl (C=O) groups excluding carboxylic acids is 2. The molecule has 7 heteroatoms. The molecule has 1 aliphatic rings. The van der Waals surface area contributed by atoms with E-state index in [0.29, 0.717) is 11.3 Å². The van der Waals surface area contributed by atoms with Gasteiger partial charge in [-0.2, -0.15) is 0 Å². The van der Waals surface area contributed by atoms with Crippen LogP contribution in [-0.2, 0) is 4.79 Å². The molecule has 3 N–H and O–H groups in total. The van der Waals surface area contributed by atoms with Crippen molar-refractivity contribution in [1.82, 2.24) is 5.32 Å². The number of rotatable bonds is 6. The van der Waals surface area contributed by atoms with Crippen molar-refractivity contribution in [3.05, 3.63) is 53.6 Å². The summed E-state index contributed by atoms with van der Waals surface area (Å²) in [7, 11) is 0. The molecule has 3 rings (SSSR count). The molecule has 0 radical (unpaired) electrons. The minimum absolute atomic E-state index is 0.0472. The number of hydrogen-bond acceptors (Lipinski definition) is 4. The normalized spacial score (nSPS) is 13.0. The molecule has 0 spiro atoms. The predicted octanol–water partition coefficient (Wildman–Crippen LogP) is 4.26. The number of anilines is 2. The molecule has 0 aromatic heterocycles. The summed E-state index contributed by atoms with van der Waals surface area (Å²) >= 11 is 5.28. The zero-order chi connectivity index (χ0) is 21.0. The Morgan fingerprint density at radius 2 is 1.66 bits per heavy atom. The fraction of sp³-hybridized carbons (Fsp3) is 0.318. The quantitative estimate of drug-likeness (QED) is 0.619. The lowest BCUT2D eigenvalue weighted by molar-refractivity contribution is -0.117. The Labute approximate surface area is 176 Å². The molecule has 0 bridgehead atoms. The summed E-state index contributed by atoms with van der Waals surface area (Å²) < 4.78 is 5.58. The Morgan fingerprint density at radius 3 is 2.24 bits per heavy atom. The molecule has 0 atom stereocenters. The van der Waals surface area contributed by atoms with Crippen LogP contribution in [0.1, 0.15) is 42.6 Å².